The van der Waals surface area contributed by atoms with Crippen molar-refractivity contribution in [3.05, 3.63) is 35.4 Å². The van der Waals surface area contributed by atoms with E-state index in [9.17, 15) is 0 Å². The Labute approximate surface area is 151 Å². The second kappa shape index (κ2) is 16.1. The van der Waals surface area contributed by atoms with Gasteiger partial charge in [-0.05, 0) is 34.8 Å². The van der Waals surface area contributed by atoms with Crippen LogP contribution < -0.4 is 0 Å². The fourth-order valence-electron chi connectivity index (χ4n) is 2.43. The highest BCUT2D eigenvalue weighted by atomic mass is 14.2. The van der Waals surface area contributed by atoms with E-state index in [1.54, 1.807) is 0 Å². The van der Waals surface area contributed by atoms with Gasteiger partial charge in [0.2, 0.25) is 0 Å². The van der Waals surface area contributed by atoms with E-state index in [0.717, 1.165) is 5.92 Å². The van der Waals surface area contributed by atoms with Crippen molar-refractivity contribution in [2.45, 2.75) is 109 Å². The molecule has 0 N–H and O–H groups in total. The maximum atomic E-state index is 2.33. The molecule has 0 saturated carbocycles. The molecule has 0 aromatic heterocycles. The normalized spacial score (nSPS) is 10.7. The highest BCUT2D eigenvalue weighted by molar-refractivity contribution is 5.29. The van der Waals surface area contributed by atoms with Crippen molar-refractivity contribution in [1.29, 1.82) is 0 Å². The molecule has 0 spiro atoms. The van der Waals surface area contributed by atoms with Crippen LogP contribution in [0.25, 0.3) is 0 Å². The Hall–Kier alpha value is -0.780. The first kappa shape index (κ1) is 33.7. The van der Waals surface area contributed by atoms with Gasteiger partial charge < -0.3 is 0 Å². The average molecular weight is 327 g/mol. The molecule has 0 fully saturated rings. The molecule has 1 rings (SSSR count). The van der Waals surface area contributed by atoms with Crippen LogP contribution in [0.15, 0.2) is 24.3 Å². The molecular weight excluding hydrogens is 276 g/mol. The third-order valence-corrected chi connectivity index (χ3v) is 3.61. The second-order valence-electron chi connectivity index (χ2n) is 6.51. The molecule has 142 valence electrons. The fourth-order valence-corrected chi connectivity index (χ4v) is 2.43. The van der Waals surface area contributed by atoms with Gasteiger partial charge in [-0.3, -0.25) is 0 Å². The minimum atomic E-state index is 0. The van der Waals surface area contributed by atoms with Crippen LogP contribution in [0.2, 0.25) is 0 Å². The lowest BCUT2D eigenvalue weighted by Crippen LogP contribution is -2.12. The van der Waals surface area contributed by atoms with Gasteiger partial charge in [-0.2, -0.15) is 0 Å². The Morgan fingerprint density at radius 1 is 0.826 bits per heavy atom. The number of hydrogen-bond donors (Lipinski definition) is 0. The predicted octanol–water partition coefficient (Wildman–Crippen LogP) is 9.09. The van der Waals surface area contributed by atoms with E-state index >= 15 is 0 Å². The van der Waals surface area contributed by atoms with Crippen LogP contribution in [0.4, 0.5) is 0 Å². The van der Waals surface area contributed by atoms with E-state index < -0.39 is 0 Å². The van der Waals surface area contributed by atoms with Crippen LogP contribution in [0.3, 0.4) is 0 Å². The molecular formula is C23H50. The summed E-state index contributed by atoms with van der Waals surface area (Å²) in [5.41, 5.74) is 3.20. The molecule has 23 heavy (non-hydrogen) atoms. The zero-order chi connectivity index (χ0) is 15.1. The van der Waals surface area contributed by atoms with E-state index in [4.69, 9.17) is 0 Å². The summed E-state index contributed by atoms with van der Waals surface area (Å²) in [5.74, 6) is 1.45. The lowest BCUT2D eigenvalue weighted by Gasteiger charge is -2.23. The van der Waals surface area contributed by atoms with Crippen molar-refractivity contribution in [3.8, 4) is 0 Å². The summed E-state index contributed by atoms with van der Waals surface area (Å²) in [4.78, 5) is 0. The van der Waals surface area contributed by atoms with Crippen LogP contribution in [0.5, 0.6) is 0 Å². The molecule has 1 unspecified atom stereocenters. The minimum Gasteiger partial charge on any atom is -0.0776 e. The van der Waals surface area contributed by atoms with Gasteiger partial charge in [-0.15, -0.1) is 0 Å². The van der Waals surface area contributed by atoms with Crippen molar-refractivity contribution in [3.63, 3.8) is 0 Å². The number of rotatable bonds is 4. The number of benzene rings is 1. The largest absolute Gasteiger partial charge is 0.0776 e. The molecule has 0 aliphatic heterocycles. The topological polar surface area (TPSA) is 0 Å². The standard InChI is InChI=1S/C17H28.C2H6.4CH4/c1-7-8-16(13(2)3)14-9-11-15(12-10-14)17(4,5)6;1-2;;;;/h9-13,16H,7-8H2,1-6H3;1-2H3;4*1H4. The first-order valence-electron chi connectivity index (χ1n) is 7.96. The maximum Gasteiger partial charge on any atom is -0.0132 e. The molecule has 0 heteroatoms. The lowest BCUT2D eigenvalue weighted by atomic mass is 9.82. The van der Waals surface area contributed by atoms with Crippen LogP contribution >= 0.6 is 0 Å². The summed E-state index contributed by atoms with van der Waals surface area (Å²) in [6, 6.07) is 9.28. The molecule has 0 bridgehead atoms. The van der Waals surface area contributed by atoms with E-state index in [2.05, 4.69) is 65.8 Å². The Bertz CT molecular complexity index is 324. The third-order valence-electron chi connectivity index (χ3n) is 3.61. The van der Waals surface area contributed by atoms with Crippen LogP contribution in [0, 0.1) is 5.92 Å². The van der Waals surface area contributed by atoms with Gasteiger partial charge in [0.25, 0.3) is 0 Å². The Morgan fingerprint density at radius 2 is 1.22 bits per heavy atom. The van der Waals surface area contributed by atoms with Crippen LogP contribution in [-0.4, -0.2) is 0 Å². The SMILES string of the molecule is C.C.C.C.CC.CCCC(c1ccc(C(C)(C)C)cc1)C(C)C. The van der Waals surface area contributed by atoms with Crippen molar-refractivity contribution < 1.29 is 0 Å². The molecule has 0 heterocycles. The van der Waals surface area contributed by atoms with Crippen molar-refractivity contribution in [1.82, 2.24) is 0 Å². The summed E-state index contributed by atoms with van der Waals surface area (Å²) in [6.45, 7) is 17.8. The average Bonchev–Trinajstić information content (AvgIpc) is 2.37. The fraction of sp³-hybridized carbons (Fsp3) is 0.739. The summed E-state index contributed by atoms with van der Waals surface area (Å²) >= 11 is 0. The highest BCUT2D eigenvalue weighted by Gasteiger charge is 2.17. The summed E-state index contributed by atoms with van der Waals surface area (Å²) < 4.78 is 0. The van der Waals surface area contributed by atoms with Crippen molar-refractivity contribution in [2.75, 3.05) is 0 Å². The van der Waals surface area contributed by atoms with E-state index in [-0.39, 0.29) is 35.1 Å². The molecule has 0 nitrogen and oxygen atoms in total. The zero-order valence-electron chi connectivity index (χ0n) is 14.4. The summed E-state index contributed by atoms with van der Waals surface area (Å²) in [7, 11) is 0. The molecule has 1 aromatic carbocycles. The lowest BCUT2D eigenvalue weighted by molar-refractivity contribution is 0.463. The van der Waals surface area contributed by atoms with Gasteiger partial charge in [0.1, 0.15) is 0 Å². The van der Waals surface area contributed by atoms with Crippen molar-refractivity contribution in [2.24, 2.45) is 5.92 Å². The highest BCUT2D eigenvalue weighted by Crippen LogP contribution is 2.31. The zero-order valence-corrected chi connectivity index (χ0v) is 14.4. The quantitative estimate of drug-likeness (QED) is 0.517. The second-order valence-corrected chi connectivity index (χ2v) is 6.51. The van der Waals surface area contributed by atoms with E-state index in [1.807, 2.05) is 13.8 Å². The van der Waals surface area contributed by atoms with Crippen LogP contribution in [0.1, 0.15) is 115 Å². The Kier molecular flexibility index (Phi) is 23.6. The Morgan fingerprint density at radius 3 is 1.48 bits per heavy atom. The number of hydrogen-bond acceptors (Lipinski definition) is 0. The van der Waals surface area contributed by atoms with Gasteiger partial charge in [-0.25, -0.2) is 0 Å². The molecule has 0 amide bonds. The van der Waals surface area contributed by atoms with E-state index in [0.29, 0.717) is 5.92 Å². The van der Waals surface area contributed by atoms with Gasteiger partial charge in [0, 0.05) is 0 Å². The van der Waals surface area contributed by atoms with Gasteiger partial charge in [0.15, 0.2) is 0 Å². The van der Waals surface area contributed by atoms with Crippen LogP contribution in [-0.2, 0) is 5.41 Å². The molecule has 0 aliphatic rings. The monoisotopic (exact) mass is 326 g/mol. The molecule has 1 aromatic rings. The minimum absolute atomic E-state index is 0. The first-order valence-corrected chi connectivity index (χ1v) is 7.96. The Balaban J connectivity index is -0.000000173. The summed E-state index contributed by atoms with van der Waals surface area (Å²) in [5, 5.41) is 0. The molecule has 0 aliphatic carbocycles. The molecule has 0 saturated heterocycles. The van der Waals surface area contributed by atoms with Gasteiger partial charge in [-0.1, -0.05) is 116 Å². The molecule has 1 atom stereocenters. The van der Waals surface area contributed by atoms with E-state index in [1.165, 1.54) is 24.0 Å². The van der Waals surface area contributed by atoms with Crippen molar-refractivity contribution >= 4 is 0 Å². The predicted molar refractivity (Wildman–Crippen MR) is 116 cm³/mol. The van der Waals surface area contributed by atoms with Gasteiger partial charge >= 0.3 is 0 Å². The third kappa shape index (κ3) is 11.4. The smallest absolute Gasteiger partial charge is 0.0132 e. The molecule has 0 radical (unpaired) electrons. The summed E-state index contributed by atoms with van der Waals surface area (Å²) in [6.07, 6.45) is 2.57. The maximum absolute atomic E-state index is 2.33. The first-order chi connectivity index (χ1) is 8.86. The van der Waals surface area contributed by atoms with Gasteiger partial charge in [0.05, 0.1) is 0 Å².